The fraction of sp³-hybridized carbons (Fsp3) is 0.850. The summed E-state index contributed by atoms with van der Waals surface area (Å²) in [5, 5.41) is 2.93. The number of hydrogen-bond acceptors (Lipinski definition) is 5. The highest BCUT2D eigenvalue weighted by Crippen LogP contribution is 2.63. The molecule has 6 rings (SSSR count). The summed E-state index contributed by atoms with van der Waals surface area (Å²) in [6, 6.07) is -0.215. The Kier molecular flexibility index (Phi) is 3.84. The van der Waals surface area contributed by atoms with Crippen molar-refractivity contribution in [1.82, 2.24) is 15.1 Å². The van der Waals surface area contributed by atoms with Gasteiger partial charge in [0.15, 0.2) is 0 Å². The minimum absolute atomic E-state index is 0.0423. The fourth-order valence-electron chi connectivity index (χ4n) is 7.15. The van der Waals surface area contributed by atoms with E-state index in [1.54, 1.807) is 0 Å². The molecule has 4 aliphatic carbocycles. The molecule has 0 spiro atoms. The molecule has 7 nitrogen and oxygen atoms in total. The Bertz CT molecular complexity index is 679. The summed E-state index contributed by atoms with van der Waals surface area (Å²) >= 11 is 0. The van der Waals surface area contributed by atoms with E-state index in [4.69, 9.17) is 4.74 Å². The number of carbonyl (C=O) groups excluding carboxylic acids is 3. The maximum absolute atomic E-state index is 13.7. The van der Waals surface area contributed by atoms with Crippen LogP contribution in [-0.4, -0.2) is 72.0 Å². The molecule has 6 aliphatic rings. The van der Waals surface area contributed by atoms with E-state index in [0.717, 1.165) is 45.2 Å². The van der Waals surface area contributed by atoms with Crippen molar-refractivity contribution in [2.45, 2.75) is 57.1 Å². The van der Waals surface area contributed by atoms with Crippen molar-refractivity contribution < 1.29 is 19.1 Å². The van der Waals surface area contributed by atoms with E-state index in [9.17, 15) is 14.4 Å². The van der Waals surface area contributed by atoms with Gasteiger partial charge in [-0.25, -0.2) is 0 Å². The molecular weight excluding hydrogens is 346 g/mol. The lowest BCUT2D eigenvalue weighted by Gasteiger charge is -2.61. The van der Waals surface area contributed by atoms with Gasteiger partial charge in [-0.1, -0.05) is 0 Å². The third kappa shape index (κ3) is 2.77. The molecule has 1 N–H and O–H groups in total. The predicted molar refractivity (Wildman–Crippen MR) is 96.6 cm³/mol. The van der Waals surface area contributed by atoms with Crippen molar-refractivity contribution in [3.63, 3.8) is 0 Å². The quantitative estimate of drug-likeness (QED) is 0.713. The standard InChI is InChI=1S/C20H29N3O4/c1-13(24)27-20-9-14-6-15(10-20)8-19(7-14,12-20)18(26)23-5-4-22-3-2-21-17(25)16(22)11-23/h14-16H,2-12H2,1H3,(H,21,25)/t14-,15+,16-,19?,20?/m1/s1. The van der Waals surface area contributed by atoms with E-state index in [-0.39, 0.29) is 23.8 Å². The summed E-state index contributed by atoms with van der Waals surface area (Å²) in [7, 11) is 0. The van der Waals surface area contributed by atoms with E-state index >= 15 is 0 Å². The number of amides is 2. The largest absolute Gasteiger partial charge is 0.459 e. The molecular formula is C20H29N3O4. The first kappa shape index (κ1) is 17.5. The van der Waals surface area contributed by atoms with E-state index in [2.05, 4.69) is 10.2 Å². The summed E-state index contributed by atoms with van der Waals surface area (Å²) in [6.07, 6.45) is 5.50. The van der Waals surface area contributed by atoms with Gasteiger partial charge in [0.1, 0.15) is 11.6 Å². The van der Waals surface area contributed by atoms with Gasteiger partial charge in [-0.15, -0.1) is 0 Å². The number of ether oxygens (including phenoxy) is 1. The average molecular weight is 375 g/mol. The summed E-state index contributed by atoms with van der Waals surface area (Å²) in [6.45, 7) is 4.99. The van der Waals surface area contributed by atoms with Crippen molar-refractivity contribution in [1.29, 1.82) is 0 Å². The second kappa shape index (κ2) is 5.93. The lowest BCUT2D eigenvalue weighted by Crippen LogP contribution is -2.67. The van der Waals surface area contributed by atoms with Crippen molar-refractivity contribution >= 4 is 17.8 Å². The zero-order valence-electron chi connectivity index (χ0n) is 16.0. The molecule has 4 bridgehead atoms. The molecule has 2 unspecified atom stereocenters. The molecule has 6 fully saturated rings. The highest BCUT2D eigenvalue weighted by molar-refractivity contribution is 5.87. The van der Waals surface area contributed by atoms with E-state index < -0.39 is 11.0 Å². The topological polar surface area (TPSA) is 79.0 Å². The molecule has 0 aromatic carbocycles. The minimum Gasteiger partial charge on any atom is -0.459 e. The van der Waals surface area contributed by atoms with Crippen LogP contribution in [0.15, 0.2) is 0 Å². The number of hydrogen-bond donors (Lipinski definition) is 1. The Balaban J connectivity index is 1.38. The van der Waals surface area contributed by atoms with Crippen LogP contribution in [0.2, 0.25) is 0 Å². The minimum atomic E-state index is -0.435. The van der Waals surface area contributed by atoms with Crippen molar-refractivity contribution in [2.24, 2.45) is 17.3 Å². The predicted octanol–water partition coefficient (Wildman–Crippen LogP) is 0.531. The van der Waals surface area contributed by atoms with Crippen molar-refractivity contribution in [2.75, 3.05) is 32.7 Å². The SMILES string of the molecule is CC(=O)OC12C[C@H]3C[C@@H](C1)CC(C(=O)N1CCN4CCNC(=O)[C@H]4C1)(C3)C2. The van der Waals surface area contributed by atoms with Crippen LogP contribution in [0, 0.1) is 17.3 Å². The average Bonchev–Trinajstić information content (AvgIpc) is 2.59. The smallest absolute Gasteiger partial charge is 0.303 e. The van der Waals surface area contributed by atoms with Gasteiger partial charge in [-0.05, 0) is 43.9 Å². The van der Waals surface area contributed by atoms with Gasteiger partial charge in [0.05, 0.1) is 5.41 Å². The molecule has 0 aromatic rings. The second-order valence-corrected chi connectivity index (χ2v) is 9.61. The molecule has 0 aromatic heterocycles. The molecule has 0 radical (unpaired) electrons. The Morgan fingerprint density at radius 1 is 1.11 bits per heavy atom. The summed E-state index contributed by atoms with van der Waals surface area (Å²) in [5.41, 5.74) is -0.831. The first-order valence-corrected chi connectivity index (χ1v) is 10.4. The van der Waals surface area contributed by atoms with Crippen LogP contribution in [-0.2, 0) is 19.1 Å². The van der Waals surface area contributed by atoms with Crippen LogP contribution in [0.5, 0.6) is 0 Å². The summed E-state index contributed by atoms with van der Waals surface area (Å²) in [5.74, 6) is 0.974. The molecule has 2 saturated heterocycles. The van der Waals surface area contributed by atoms with E-state index in [1.807, 2.05) is 4.90 Å². The number of carbonyl (C=O) groups is 3. The molecule has 148 valence electrons. The van der Waals surface area contributed by atoms with Gasteiger partial charge in [0, 0.05) is 46.1 Å². The summed E-state index contributed by atoms with van der Waals surface area (Å²) < 4.78 is 5.83. The maximum atomic E-state index is 13.7. The number of fused-ring (bicyclic) bond motifs is 1. The number of nitrogens with zero attached hydrogens (tertiary/aromatic N) is 2. The van der Waals surface area contributed by atoms with E-state index in [1.165, 1.54) is 6.92 Å². The van der Waals surface area contributed by atoms with Crippen LogP contribution in [0.4, 0.5) is 0 Å². The molecule has 2 amide bonds. The van der Waals surface area contributed by atoms with Crippen LogP contribution in [0.3, 0.4) is 0 Å². The molecule has 7 heteroatoms. The van der Waals surface area contributed by atoms with Crippen molar-refractivity contribution in [3.8, 4) is 0 Å². The summed E-state index contributed by atoms with van der Waals surface area (Å²) in [4.78, 5) is 41.8. The Hall–Kier alpha value is -1.63. The van der Waals surface area contributed by atoms with Gasteiger partial charge in [-0.3, -0.25) is 19.3 Å². The van der Waals surface area contributed by atoms with Gasteiger partial charge in [0.2, 0.25) is 11.8 Å². The third-order valence-corrected chi connectivity index (χ3v) is 7.60. The van der Waals surface area contributed by atoms with Crippen LogP contribution >= 0.6 is 0 Å². The zero-order valence-corrected chi connectivity index (χ0v) is 16.0. The first-order chi connectivity index (χ1) is 12.9. The van der Waals surface area contributed by atoms with Crippen LogP contribution < -0.4 is 5.32 Å². The normalized spacial score (nSPS) is 43.2. The van der Waals surface area contributed by atoms with E-state index in [0.29, 0.717) is 37.9 Å². The monoisotopic (exact) mass is 375 g/mol. The van der Waals surface area contributed by atoms with Gasteiger partial charge < -0.3 is 15.0 Å². The number of rotatable bonds is 2. The van der Waals surface area contributed by atoms with Gasteiger partial charge >= 0.3 is 5.97 Å². The number of nitrogens with one attached hydrogen (secondary N) is 1. The molecule has 2 heterocycles. The fourth-order valence-corrected chi connectivity index (χ4v) is 7.15. The highest BCUT2D eigenvalue weighted by Gasteiger charge is 2.63. The Morgan fingerprint density at radius 2 is 1.85 bits per heavy atom. The maximum Gasteiger partial charge on any atom is 0.303 e. The highest BCUT2D eigenvalue weighted by atomic mass is 16.6. The lowest BCUT2D eigenvalue weighted by molar-refractivity contribution is -0.206. The second-order valence-electron chi connectivity index (χ2n) is 9.61. The van der Waals surface area contributed by atoms with Gasteiger partial charge in [-0.2, -0.15) is 0 Å². The molecule has 27 heavy (non-hydrogen) atoms. The molecule has 2 aliphatic heterocycles. The Labute approximate surface area is 159 Å². The zero-order chi connectivity index (χ0) is 18.8. The third-order valence-electron chi connectivity index (χ3n) is 7.60. The van der Waals surface area contributed by atoms with Crippen molar-refractivity contribution in [3.05, 3.63) is 0 Å². The molecule has 5 atom stereocenters. The first-order valence-electron chi connectivity index (χ1n) is 10.4. The van der Waals surface area contributed by atoms with Gasteiger partial charge in [0.25, 0.3) is 0 Å². The number of esters is 1. The number of piperazine rings is 2. The molecule has 4 saturated carbocycles. The Morgan fingerprint density at radius 3 is 2.56 bits per heavy atom. The van der Waals surface area contributed by atoms with Crippen LogP contribution in [0.1, 0.15) is 45.4 Å². The lowest BCUT2D eigenvalue weighted by atomic mass is 9.47. The van der Waals surface area contributed by atoms with Crippen LogP contribution in [0.25, 0.3) is 0 Å².